The summed E-state index contributed by atoms with van der Waals surface area (Å²) in [6, 6.07) is 20.8. The van der Waals surface area contributed by atoms with Crippen LogP contribution >= 0.6 is 0 Å². The molecule has 2 aliphatic heterocycles. The highest BCUT2D eigenvalue weighted by molar-refractivity contribution is 5.66. The van der Waals surface area contributed by atoms with Crippen molar-refractivity contribution >= 4 is 0 Å². The Kier molecular flexibility index (Phi) is 4.36. The second-order valence-corrected chi connectivity index (χ2v) is 8.07. The van der Waals surface area contributed by atoms with Gasteiger partial charge in [0.15, 0.2) is 0 Å². The van der Waals surface area contributed by atoms with Crippen LogP contribution in [0.3, 0.4) is 0 Å². The number of aromatic nitrogens is 1. The molecule has 4 heteroatoms. The van der Waals surface area contributed by atoms with Gasteiger partial charge in [0.2, 0.25) is 0 Å². The maximum Gasteiger partial charge on any atom is 0.250 e. The van der Waals surface area contributed by atoms with E-state index < -0.39 is 0 Å². The van der Waals surface area contributed by atoms with Gasteiger partial charge in [0.25, 0.3) is 5.56 Å². The van der Waals surface area contributed by atoms with Crippen molar-refractivity contribution in [3.63, 3.8) is 0 Å². The second-order valence-electron chi connectivity index (χ2n) is 8.07. The van der Waals surface area contributed by atoms with Crippen LogP contribution in [-0.4, -0.2) is 22.6 Å². The van der Waals surface area contributed by atoms with Gasteiger partial charge >= 0.3 is 0 Å². The Morgan fingerprint density at radius 3 is 2.46 bits per heavy atom. The van der Waals surface area contributed by atoms with Crippen LogP contribution in [0, 0.1) is 11.7 Å². The number of benzene rings is 2. The largest absolute Gasteiger partial charge is 0.311 e. The van der Waals surface area contributed by atoms with Gasteiger partial charge in [-0.25, -0.2) is 4.39 Å². The lowest BCUT2D eigenvalue weighted by Gasteiger charge is -2.43. The molecule has 2 atom stereocenters. The molecule has 2 aliphatic rings. The van der Waals surface area contributed by atoms with E-state index in [4.69, 9.17) is 0 Å². The Bertz CT molecular complexity index is 1040. The summed E-state index contributed by atoms with van der Waals surface area (Å²) < 4.78 is 15.2. The van der Waals surface area contributed by atoms with E-state index in [0.29, 0.717) is 11.8 Å². The molecule has 1 aromatic heterocycles. The molecular formula is C24H23FN2O. The first kappa shape index (κ1) is 17.4. The van der Waals surface area contributed by atoms with Crippen LogP contribution in [0.5, 0.6) is 0 Å². The number of hydrogen-bond acceptors (Lipinski definition) is 2. The highest BCUT2D eigenvalue weighted by Crippen LogP contribution is 2.40. The second kappa shape index (κ2) is 7.02. The van der Waals surface area contributed by atoms with E-state index in [0.717, 1.165) is 38.2 Å². The fourth-order valence-corrected chi connectivity index (χ4v) is 4.95. The summed E-state index contributed by atoms with van der Waals surface area (Å²) >= 11 is 0. The molecule has 0 aliphatic carbocycles. The molecule has 0 spiro atoms. The number of piperidine rings is 1. The fraction of sp³-hybridized carbons (Fsp3) is 0.292. The van der Waals surface area contributed by atoms with Gasteiger partial charge in [-0.05, 0) is 41.7 Å². The van der Waals surface area contributed by atoms with E-state index in [2.05, 4.69) is 17.0 Å². The Hall–Kier alpha value is -2.72. The van der Waals surface area contributed by atoms with E-state index in [-0.39, 0.29) is 11.4 Å². The Balaban J connectivity index is 1.49. The van der Waals surface area contributed by atoms with Crippen molar-refractivity contribution in [3.05, 3.63) is 94.2 Å². The lowest BCUT2D eigenvalue weighted by molar-refractivity contribution is 0.114. The molecular weight excluding hydrogens is 351 g/mol. The first-order valence-corrected chi connectivity index (χ1v) is 9.93. The number of fused-ring (bicyclic) bond motifs is 4. The van der Waals surface area contributed by atoms with Crippen molar-refractivity contribution in [1.82, 2.24) is 9.47 Å². The molecule has 2 aromatic carbocycles. The molecule has 2 bridgehead atoms. The zero-order chi connectivity index (χ0) is 19.1. The summed E-state index contributed by atoms with van der Waals surface area (Å²) in [4.78, 5) is 15.1. The third-order valence-electron chi connectivity index (χ3n) is 6.07. The smallest absolute Gasteiger partial charge is 0.250 e. The van der Waals surface area contributed by atoms with Gasteiger partial charge in [0.1, 0.15) is 5.82 Å². The van der Waals surface area contributed by atoms with E-state index in [9.17, 15) is 9.18 Å². The molecule has 0 N–H and O–H groups in total. The molecule has 142 valence electrons. The fourth-order valence-electron chi connectivity index (χ4n) is 4.95. The van der Waals surface area contributed by atoms with E-state index in [1.165, 1.54) is 29.0 Å². The topological polar surface area (TPSA) is 25.2 Å². The van der Waals surface area contributed by atoms with Gasteiger partial charge in [-0.15, -0.1) is 0 Å². The molecule has 3 aromatic rings. The first-order chi connectivity index (χ1) is 13.7. The van der Waals surface area contributed by atoms with Crippen LogP contribution in [0.4, 0.5) is 4.39 Å². The Morgan fingerprint density at radius 2 is 1.68 bits per heavy atom. The quantitative estimate of drug-likeness (QED) is 0.684. The van der Waals surface area contributed by atoms with E-state index in [1.54, 1.807) is 6.07 Å². The predicted octanol–water partition coefficient (Wildman–Crippen LogP) is 4.27. The van der Waals surface area contributed by atoms with Gasteiger partial charge in [-0.3, -0.25) is 9.69 Å². The van der Waals surface area contributed by atoms with E-state index in [1.807, 2.05) is 41.0 Å². The van der Waals surface area contributed by atoms with Crippen LogP contribution in [0.2, 0.25) is 0 Å². The number of likely N-dealkylation sites (tertiary alicyclic amines) is 1. The predicted molar refractivity (Wildman–Crippen MR) is 109 cm³/mol. The molecule has 3 heterocycles. The number of rotatable bonds is 3. The Morgan fingerprint density at radius 1 is 0.893 bits per heavy atom. The number of halogens is 1. The van der Waals surface area contributed by atoms with E-state index >= 15 is 0 Å². The average Bonchev–Trinajstić information content (AvgIpc) is 2.71. The van der Waals surface area contributed by atoms with Gasteiger partial charge in [0.05, 0.1) is 0 Å². The molecule has 2 unspecified atom stereocenters. The normalized spacial score (nSPS) is 21.3. The maximum absolute atomic E-state index is 13.2. The van der Waals surface area contributed by atoms with Crippen LogP contribution in [0.25, 0.3) is 11.1 Å². The maximum atomic E-state index is 13.2. The van der Waals surface area contributed by atoms with Crippen molar-refractivity contribution < 1.29 is 4.39 Å². The molecule has 0 amide bonds. The third kappa shape index (κ3) is 3.18. The minimum absolute atomic E-state index is 0.108. The zero-order valence-electron chi connectivity index (χ0n) is 15.7. The van der Waals surface area contributed by atoms with Crippen molar-refractivity contribution in [2.75, 3.05) is 13.1 Å². The zero-order valence-corrected chi connectivity index (χ0v) is 15.7. The minimum atomic E-state index is -0.194. The standard InChI is InChI=1S/C24H23FN2O/c25-21-8-6-17(7-9-21)13-26-14-18-12-20(16-26)24-22(19-4-2-1-3-5-19)10-11-23(28)27(24)15-18/h1-11,18,20H,12-16H2. The highest BCUT2D eigenvalue weighted by Gasteiger charge is 2.36. The molecule has 28 heavy (non-hydrogen) atoms. The Labute approximate surface area is 164 Å². The molecule has 0 radical (unpaired) electrons. The van der Waals surface area contributed by atoms with Gasteiger partial charge in [-0.1, -0.05) is 42.5 Å². The lowest BCUT2D eigenvalue weighted by atomic mass is 9.80. The summed E-state index contributed by atoms with van der Waals surface area (Å²) in [6.07, 6.45) is 1.13. The van der Waals surface area contributed by atoms with Crippen LogP contribution in [0.1, 0.15) is 23.6 Å². The van der Waals surface area contributed by atoms with Crippen molar-refractivity contribution in [2.45, 2.75) is 25.4 Å². The van der Waals surface area contributed by atoms with Crippen LogP contribution in [0.15, 0.2) is 71.5 Å². The summed E-state index contributed by atoms with van der Waals surface area (Å²) in [5.41, 5.74) is 4.76. The molecule has 3 nitrogen and oxygen atoms in total. The number of nitrogens with zero attached hydrogens (tertiary/aromatic N) is 2. The minimum Gasteiger partial charge on any atom is -0.311 e. The van der Waals surface area contributed by atoms with Gasteiger partial charge in [0, 0.05) is 49.4 Å². The molecule has 0 saturated carbocycles. The van der Waals surface area contributed by atoms with Crippen LogP contribution in [-0.2, 0) is 13.1 Å². The van der Waals surface area contributed by atoms with Crippen molar-refractivity contribution in [2.24, 2.45) is 5.92 Å². The summed E-state index contributed by atoms with van der Waals surface area (Å²) in [7, 11) is 0. The van der Waals surface area contributed by atoms with Crippen molar-refractivity contribution in [3.8, 4) is 11.1 Å². The monoisotopic (exact) mass is 374 g/mol. The SMILES string of the molecule is O=c1ccc(-c2ccccc2)c2n1CC1CC2CN(Cc2ccc(F)cc2)C1. The lowest BCUT2D eigenvalue weighted by Crippen LogP contribution is -2.47. The number of hydrogen-bond donors (Lipinski definition) is 0. The summed E-state index contributed by atoms with van der Waals surface area (Å²) in [5.74, 6) is 0.632. The van der Waals surface area contributed by atoms with Gasteiger partial charge in [-0.2, -0.15) is 0 Å². The molecule has 5 rings (SSSR count). The first-order valence-electron chi connectivity index (χ1n) is 9.93. The van der Waals surface area contributed by atoms with Gasteiger partial charge < -0.3 is 4.57 Å². The van der Waals surface area contributed by atoms with Crippen molar-refractivity contribution in [1.29, 1.82) is 0 Å². The highest BCUT2D eigenvalue weighted by atomic mass is 19.1. The summed E-state index contributed by atoms with van der Waals surface area (Å²) in [6.45, 7) is 3.52. The van der Waals surface area contributed by atoms with Crippen LogP contribution < -0.4 is 5.56 Å². The number of pyridine rings is 1. The molecule has 1 fully saturated rings. The molecule has 1 saturated heterocycles. The third-order valence-corrected chi connectivity index (χ3v) is 6.07. The average molecular weight is 374 g/mol. The summed E-state index contributed by atoms with van der Waals surface area (Å²) in [5, 5.41) is 0.